The normalized spacial score (nSPS) is 20.0. The summed E-state index contributed by atoms with van der Waals surface area (Å²) in [6.07, 6.45) is -2.40. The summed E-state index contributed by atoms with van der Waals surface area (Å²) in [5.41, 5.74) is -0.120. The number of benzene rings is 1. The van der Waals surface area contributed by atoms with E-state index in [1.807, 2.05) is 0 Å². The first-order valence-corrected chi connectivity index (χ1v) is 8.84. The number of hydrogen-bond acceptors (Lipinski definition) is 4. The fraction of sp³-hybridized carbons (Fsp3) is 0.421. The first-order valence-electron chi connectivity index (χ1n) is 8.84. The van der Waals surface area contributed by atoms with Crippen LogP contribution in [0.2, 0.25) is 0 Å². The summed E-state index contributed by atoms with van der Waals surface area (Å²) in [7, 11) is 0. The van der Waals surface area contributed by atoms with Gasteiger partial charge in [-0.2, -0.15) is 13.2 Å². The molecule has 0 atom stereocenters. The maximum atomic E-state index is 12.7. The number of carbonyl (C=O) groups excluding carboxylic acids is 1. The van der Waals surface area contributed by atoms with Gasteiger partial charge in [-0.05, 0) is 44.7 Å². The molecular weight excluding hydrogens is 377 g/mol. The van der Waals surface area contributed by atoms with Gasteiger partial charge in [-0.25, -0.2) is 0 Å². The predicted molar refractivity (Wildman–Crippen MR) is 92.5 cm³/mol. The molecule has 1 saturated carbocycles. The average Bonchev–Trinajstić information content (AvgIpc) is 3.03. The molecule has 0 unspecified atom stereocenters. The number of aromatic nitrogens is 1. The molecule has 0 bridgehead atoms. The number of aryl methyl sites for hydroxylation is 1. The summed E-state index contributed by atoms with van der Waals surface area (Å²) in [5, 5.41) is 15.7. The molecule has 2 aromatic rings. The van der Waals surface area contributed by atoms with Crippen molar-refractivity contribution in [3.63, 3.8) is 0 Å². The van der Waals surface area contributed by atoms with E-state index in [1.165, 1.54) is 12.1 Å². The molecule has 1 aromatic heterocycles. The van der Waals surface area contributed by atoms with Crippen LogP contribution < -0.4 is 5.32 Å². The van der Waals surface area contributed by atoms with Crippen LogP contribution in [0.3, 0.4) is 0 Å². The van der Waals surface area contributed by atoms with Crippen molar-refractivity contribution in [2.45, 2.75) is 44.8 Å². The second-order valence-electron chi connectivity index (χ2n) is 6.90. The SMILES string of the molecule is Cc1onc(-c2ccc(C(F)(F)F)cc2)c1C(=O)NC1CCC(C(=O)O)CC1. The fourth-order valence-electron chi connectivity index (χ4n) is 3.40. The van der Waals surface area contributed by atoms with E-state index in [9.17, 15) is 22.8 Å². The molecule has 1 fully saturated rings. The Morgan fingerprint density at radius 1 is 1.14 bits per heavy atom. The second kappa shape index (κ2) is 7.65. The molecular formula is C19H19F3N2O4. The van der Waals surface area contributed by atoms with Crippen LogP contribution in [0.5, 0.6) is 0 Å². The number of carboxylic acids is 1. The highest BCUT2D eigenvalue weighted by molar-refractivity contribution is 6.00. The van der Waals surface area contributed by atoms with Crippen LogP contribution in [-0.4, -0.2) is 28.2 Å². The number of nitrogens with zero attached hydrogens (tertiary/aromatic N) is 1. The van der Waals surface area contributed by atoms with Gasteiger partial charge in [0.25, 0.3) is 5.91 Å². The Balaban J connectivity index is 1.76. The number of aliphatic carboxylic acids is 1. The van der Waals surface area contributed by atoms with E-state index < -0.39 is 29.5 Å². The number of nitrogens with one attached hydrogen (secondary N) is 1. The van der Waals surface area contributed by atoms with E-state index in [2.05, 4.69) is 10.5 Å². The predicted octanol–water partition coefficient (Wildman–Crippen LogP) is 4.04. The Labute approximate surface area is 158 Å². The Bertz CT molecular complexity index is 866. The third-order valence-electron chi connectivity index (χ3n) is 4.99. The van der Waals surface area contributed by atoms with Gasteiger partial charge in [-0.1, -0.05) is 17.3 Å². The van der Waals surface area contributed by atoms with Crippen molar-refractivity contribution in [1.29, 1.82) is 0 Å². The van der Waals surface area contributed by atoms with E-state index in [4.69, 9.17) is 9.63 Å². The number of hydrogen-bond donors (Lipinski definition) is 2. The van der Waals surface area contributed by atoms with Crippen LogP contribution in [0.15, 0.2) is 28.8 Å². The maximum Gasteiger partial charge on any atom is 0.416 e. The zero-order valence-corrected chi connectivity index (χ0v) is 15.0. The van der Waals surface area contributed by atoms with Gasteiger partial charge in [-0.3, -0.25) is 9.59 Å². The highest BCUT2D eigenvalue weighted by atomic mass is 19.4. The summed E-state index contributed by atoms with van der Waals surface area (Å²) in [6, 6.07) is 4.17. The molecule has 28 heavy (non-hydrogen) atoms. The van der Waals surface area contributed by atoms with Gasteiger partial charge in [0, 0.05) is 11.6 Å². The second-order valence-corrected chi connectivity index (χ2v) is 6.90. The molecule has 6 nitrogen and oxygen atoms in total. The first kappa shape index (κ1) is 19.9. The Hall–Kier alpha value is -2.84. The fourth-order valence-corrected chi connectivity index (χ4v) is 3.40. The summed E-state index contributed by atoms with van der Waals surface area (Å²) in [5.74, 6) is -1.41. The molecule has 9 heteroatoms. The number of carbonyl (C=O) groups is 2. The molecule has 0 spiro atoms. The third-order valence-corrected chi connectivity index (χ3v) is 4.99. The van der Waals surface area contributed by atoms with Crippen LogP contribution >= 0.6 is 0 Å². The molecule has 1 aromatic carbocycles. The highest BCUT2D eigenvalue weighted by Crippen LogP contribution is 2.32. The molecule has 1 aliphatic rings. The van der Waals surface area contributed by atoms with Gasteiger partial charge in [-0.15, -0.1) is 0 Å². The van der Waals surface area contributed by atoms with E-state index >= 15 is 0 Å². The van der Waals surface area contributed by atoms with Gasteiger partial charge < -0.3 is 14.9 Å². The summed E-state index contributed by atoms with van der Waals surface area (Å²) in [4.78, 5) is 23.7. The van der Waals surface area contributed by atoms with Crippen LogP contribution in [0, 0.1) is 12.8 Å². The van der Waals surface area contributed by atoms with E-state index in [-0.39, 0.29) is 23.1 Å². The van der Waals surface area contributed by atoms with Crippen molar-refractivity contribution in [3.8, 4) is 11.3 Å². The molecule has 0 radical (unpaired) electrons. The Morgan fingerprint density at radius 3 is 2.29 bits per heavy atom. The molecule has 150 valence electrons. The van der Waals surface area contributed by atoms with Crippen molar-refractivity contribution in [2.75, 3.05) is 0 Å². The lowest BCUT2D eigenvalue weighted by atomic mass is 9.86. The molecule has 1 heterocycles. The van der Waals surface area contributed by atoms with Gasteiger partial charge in [0.15, 0.2) is 0 Å². The number of halogens is 3. The lowest BCUT2D eigenvalue weighted by Gasteiger charge is -2.26. The van der Waals surface area contributed by atoms with Crippen LogP contribution in [0.25, 0.3) is 11.3 Å². The molecule has 0 saturated heterocycles. The quantitative estimate of drug-likeness (QED) is 0.814. The summed E-state index contributed by atoms with van der Waals surface area (Å²) < 4.78 is 43.3. The minimum absolute atomic E-state index is 0.167. The smallest absolute Gasteiger partial charge is 0.416 e. The standard InChI is InChI=1S/C19H19F3N2O4/c1-10-15(17(25)23-14-8-4-12(5-9-14)18(26)27)16(24-28-10)11-2-6-13(7-3-11)19(20,21)22/h2-3,6-7,12,14H,4-5,8-9H2,1H3,(H,23,25)(H,26,27). The zero-order valence-electron chi connectivity index (χ0n) is 15.0. The molecule has 0 aliphatic heterocycles. The van der Waals surface area contributed by atoms with Gasteiger partial charge >= 0.3 is 12.1 Å². The number of carboxylic acid groups (broad SMARTS) is 1. The third kappa shape index (κ3) is 4.18. The largest absolute Gasteiger partial charge is 0.481 e. The monoisotopic (exact) mass is 396 g/mol. The van der Waals surface area contributed by atoms with E-state index in [1.54, 1.807) is 6.92 Å². The number of alkyl halides is 3. The van der Waals surface area contributed by atoms with Gasteiger partial charge in [0.05, 0.1) is 11.5 Å². The lowest BCUT2D eigenvalue weighted by Crippen LogP contribution is -2.39. The van der Waals surface area contributed by atoms with Crippen molar-refractivity contribution >= 4 is 11.9 Å². The number of amides is 1. The minimum atomic E-state index is -4.45. The maximum absolute atomic E-state index is 12.7. The van der Waals surface area contributed by atoms with Crippen LogP contribution in [-0.2, 0) is 11.0 Å². The van der Waals surface area contributed by atoms with Gasteiger partial charge in [0.2, 0.25) is 0 Å². The van der Waals surface area contributed by atoms with Crippen LogP contribution in [0.4, 0.5) is 13.2 Å². The molecule has 2 N–H and O–H groups in total. The Kier molecular flexibility index (Phi) is 5.44. The molecule has 3 rings (SSSR count). The molecule has 1 aliphatic carbocycles. The summed E-state index contributed by atoms with van der Waals surface area (Å²) >= 11 is 0. The summed E-state index contributed by atoms with van der Waals surface area (Å²) in [6.45, 7) is 1.55. The van der Waals surface area contributed by atoms with Crippen molar-refractivity contribution in [3.05, 3.63) is 41.2 Å². The minimum Gasteiger partial charge on any atom is -0.481 e. The van der Waals surface area contributed by atoms with E-state index in [0.29, 0.717) is 31.2 Å². The van der Waals surface area contributed by atoms with Crippen molar-refractivity contribution in [2.24, 2.45) is 5.92 Å². The number of rotatable bonds is 4. The van der Waals surface area contributed by atoms with Crippen molar-refractivity contribution in [1.82, 2.24) is 10.5 Å². The van der Waals surface area contributed by atoms with E-state index in [0.717, 1.165) is 12.1 Å². The Morgan fingerprint density at radius 2 is 1.75 bits per heavy atom. The van der Waals surface area contributed by atoms with Crippen LogP contribution in [0.1, 0.15) is 47.4 Å². The van der Waals surface area contributed by atoms with Gasteiger partial charge in [0.1, 0.15) is 17.0 Å². The topological polar surface area (TPSA) is 92.4 Å². The first-order chi connectivity index (χ1) is 13.2. The molecule has 1 amide bonds. The average molecular weight is 396 g/mol. The highest BCUT2D eigenvalue weighted by Gasteiger charge is 2.31. The lowest BCUT2D eigenvalue weighted by molar-refractivity contribution is -0.143. The zero-order chi connectivity index (χ0) is 20.5. The van der Waals surface area contributed by atoms with Crippen molar-refractivity contribution < 1.29 is 32.4 Å².